The highest BCUT2D eigenvalue weighted by molar-refractivity contribution is 5.97. The van der Waals surface area contributed by atoms with Crippen molar-refractivity contribution < 1.29 is 0 Å². The van der Waals surface area contributed by atoms with Crippen LogP contribution in [0.4, 0.5) is 0 Å². The second kappa shape index (κ2) is 3.61. The minimum atomic E-state index is 0.557. The van der Waals surface area contributed by atoms with Crippen LogP contribution in [-0.4, -0.2) is 12.3 Å². The van der Waals surface area contributed by atoms with Crippen LogP contribution >= 0.6 is 0 Å². The van der Waals surface area contributed by atoms with E-state index in [0.29, 0.717) is 17.5 Å². The Labute approximate surface area is 73.5 Å². The second-order valence-electron chi connectivity index (χ2n) is 3.26. The van der Waals surface area contributed by atoms with Gasteiger partial charge in [-0.1, -0.05) is 0 Å². The van der Waals surface area contributed by atoms with E-state index in [1.807, 2.05) is 6.92 Å². The first kappa shape index (κ1) is 9.10. The molecule has 0 aromatic heterocycles. The van der Waals surface area contributed by atoms with Gasteiger partial charge in [0.05, 0.1) is 0 Å². The third kappa shape index (κ3) is 2.00. The van der Waals surface area contributed by atoms with E-state index in [1.165, 1.54) is 12.8 Å². The highest BCUT2D eigenvalue weighted by Crippen LogP contribution is 2.37. The van der Waals surface area contributed by atoms with E-state index in [2.05, 4.69) is 5.32 Å². The first-order valence-electron chi connectivity index (χ1n) is 4.45. The standard InChI is InChI=1S/C9H17N3/c1-3-12-9(11)8(6(2)10)7-4-5-7/h7,10,12H,3-5,11H2,1-2H3/b9-8+,10-6?. The van der Waals surface area contributed by atoms with Gasteiger partial charge in [-0.2, -0.15) is 0 Å². The van der Waals surface area contributed by atoms with Gasteiger partial charge in [0.2, 0.25) is 0 Å². The third-order valence-corrected chi connectivity index (χ3v) is 2.05. The lowest BCUT2D eigenvalue weighted by molar-refractivity contribution is 0.812. The Morgan fingerprint density at radius 1 is 1.58 bits per heavy atom. The summed E-state index contributed by atoms with van der Waals surface area (Å²) in [5.41, 5.74) is 7.43. The molecule has 0 bridgehead atoms. The average molecular weight is 167 g/mol. The molecule has 3 nitrogen and oxygen atoms in total. The van der Waals surface area contributed by atoms with E-state index >= 15 is 0 Å². The lowest BCUT2D eigenvalue weighted by Crippen LogP contribution is -2.24. The maximum Gasteiger partial charge on any atom is 0.101 e. The molecule has 0 atom stereocenters. The number of nitrogens with one attached hydrogen (secondary N) is 2. The average Bonchev–Trinajstić information content (AvgIpc) is 2.71. The van der Waals surface area contributed by atoms with Crippen molar-refractivity contribution in [1.82, 2.24) is 5.32 Å². The molecule has 0 aliphatic heterocycles. The van der Waals surface area contributed by atoms with Crippen LogP contribution in [-0.2, 0) is 0 Å². The van der Waals surface area contributed by atoms with Crippen LogP contribution in [0.5, 0.6) is 0 Å². The molecule has 1 fully saturated rings. The zero-order valence-corrected chi connectivity index (χ0v) is 7.78. The predicted octanol–water partition coefficient (Wildman–Crippen LogP) is 1.22. The predicted molar refractivity (Wildman–Crippen MR) is 51.0 cm³/mol. The van der Waals surface area contributed by atoms with Crippen LogP contribution < -0.4 is 11.1 Å². The van der Waals surface area contributed by atoms with E-state index in [-0.39, 0.29) is 0 Å². The van der Waals surface area contributed by atoms with Crippen molar-refractivity contribution >= 4 is 5.71 Å². The Balaban J connectivity index is 2.73. The molecule has 0 amide bonds. The summed E-state index contributed by atoms with van der Waals surface area (Å²) in [6.45, 7) is 4.64. The summed E-state index contributed by atoms with van der Waals surface area (Å²) in [5, 5.41) is 10.6. The molecule has 12 heavy (non-hydrogen) atoms. The highest BCUT2D eigenvalue weighted by atomic mass is 15.0. The van der Waals surface area contributed by atoms with Crippen LogP contribution in [0.2, 0.25) is 0 Å². The maximum atomic E-state index is 7.55. The van der Waals surface area contributed by atoms with Gasteiger partial charge in [-0.05, 0) is 32.6 Å². The fourth-order valence-electron chi connectivity index (χ4n) is 1.39. The van der Waals surface area contributed by atoms with Crippen LogP contribution in [0.1, 0.15) is 26.7 Å². The molecule has 0 saturated heterocycles. The fraction of sp³-hybridized carbons (Fsp3) is 0.667. The molecular formula is C9H17N3. The smallest absolute Gasteiger partial charge is 0.101 e. The van der Waals surface area contributed by atoms with Gasteiger partial charge in [0.1, 0.15) is 5.82 Å². The quantitative estimate of drug-likeness (QED) is 0.551. The van der Waals surface area contributed by atoms with E-state index in [4.69, 9.17) is 11.1 Å². The SMILES string of the molecule is CCN/C(N)=C(\C(C)=N)C1CC1. The van der Waals surface area contributed by atoms with Crippen molar-refractivity contribution in [2.75, 3.05) is 6.54 Å². The van der Waals surface area contributed by atoms with Crippen molar-refractivity contribution in [3.63, 3.8) is 0 Å². The molecule has 68 valence electrons. The Kier molecular flexibility index (Phi) is 2.74. The summed E-state index contributed by atoms with van der Waals surface area (Å²) in [6, 6.07) is 0. The first-order chi connectivity index (χ1) is 5.66. The van der Waals surface area contributed by atoms with Gasteiger partial charge in [0, 0.05) is 17.8 Å². The molecule has 0 aromatic carbocycles. The minimum absolute atomic E-state index is 0.557. The molecule has 1 rings (SSSR count). The molecule has 0 heterocycles. The number of hydrogen-bond acceptors (Lipinski definition) is 3. The molecule has 4 N–H and O–H groups in total. The Morgan fingerprint density at radius 2 is 2.17 bits per heavy atom. The molecule has 0 spiro atoms. The monoisotopic (exact) mass is 167 g/mol. The zero-order valence-electron chi connectivity index (χ0n) is 7.78. The van der Waals surface area contributed by atoms with Gasteiger partial charge < -0.3 is 16.5 Å². The van der Waals surface area contributed by atoms with E-state index in [1.54, 1.807) is 6.92 Å². The summed E-state index contributed by atoms with van der Waals surface area (Å²) < 4.78 is 0. The summed E-state index contributed by atoms with van der Waals surface area (Å²) in [7, 11) is 0. The largest absolute Gasteiger partial charge is 0.385 e. The third-order valence-electron chi connectivity index (χ3n) is 2.05. The van der Waals surface area contributed by atoms with Gasteiger partial charge in [0.15, 0.2) is 0 Å². The molecule has 0 aromatic rings. The molecule has 1 aliphatic carbocycles. The van der Waals surface area contributed by atoms with Gasteiger partial charge in [-0.15, -0.1) is 0 Å². The van der Waals surface area contributed by atoms with Crippen LogP contribution in [0.3, 0.4) is 0 Å². The summed E-state index contributed by atoms with van der Waals surface area (Å²) >= 11 is 0. The van der Waals surface area contributed by atoms with Crippen molar-refractivity contribution in [3.8, 4) is 0 Å². The number of rotatable bonds is 4. The highest BCUT2D eigenvalue weighted by Gasteiger charge is 2.29. The van der Waals surface area contributed by atoms with Gasteiger partial charge >= 0.3 is 0 Å². The lowest BCUT2D eigenvalue weighted by atomic mass is 10.1. The molecule has 0 unspecified atom stereocenters. The minimum Gasteiger partial charge on any atom is -0.385 e. The Bertz CT molecular complexity index is 214. The van der Waals surface area contributed by atoms with E-state index in [9.17, 15) is 0 Å². The van der Waals surface area contributed by atoms with E-state index in [0.717, 1.165) is 12.1 Å². The summed E-state index contributed by atoms with van der Waals surface area (Å²) in [6.07, 6.45) is 2.38. The zero-order chi connectivity index (χ0) is 9.14. The normalized spacial score (nSPS) is 18.5. The van der Waals surface area contributed by atoms with Crippen molar-refractivity contribution in [1.29, 1.82) is 5.41 Å². The number of allylic oxidation sites excluding steroid dienone is 1. The summed E-state index contributed by atoms with van der Waals surface area (Å²) in [5.74, 6) is 1.26. The molecule has 3 heteroatoms. The Morgan fingerprint density at radius 3 is 2.50 bits per heavy atom. The topological polar surface area (TPSA) is 61.9 Å². The first-order valence-corrected chi connectivity index (χ1v) is 4.45. The number of hydrogen-bond donors (Lipinski definition) is 3. The van der Waals surface area contributed by atoms with Gasteiger partial charge in [0.25, 0.3) is 0 Å². The molecule has 1 aliphatic rings. The second-order valence-corrected chi connectivity index (χ2v) is 3.26. The van der Waals surface area contributed by atoms with E-state index < -0.39 is 0 Å². The molecular weight excluding hydrogens is 150 g/mol. The van der Waals surface area contributed by atoms with Gasteiger partial charge in [-0.25, -0.2) is 0 Å². The fourth-order valence-corrected chi connectivity index (χ4v) is 1.39. The summed E-state index contributed by atoms with van der Waals surface area (Å²) in [4.78, 5) is 0. The molecule has 0 radical (unpaired) electrons. The lowest BCUT2D eigenvalue weighted by Gasteiger charge is -2.10. The maximum absolute atomic E-state index is 7.55. The van der Waals surface area contributed by atoms with Crippen molar-refractivity contribution in [3.05, 3.63) is 11.4 Å². The van der Waals surface area contributed by atoms with Crippen LogP contribution in [0.25, 0.3) is 0 Å². The Hall–Kier alpha value is -0.990. The van der Waals surface area contributed by atoms with Crippen LogP contribution in [0, 0.1) is 11.3 Å². The van der Waals surface area contributed by atoms with Crippen molar-refractivity contribution in [2.24, 2.45) is 11.7 Å². The van der Waals surface area contributed by atoms with Crippen molar-refractivity contribution in [2.45, 2.75) is 26.7 Å². The molecule has 1 saturated carbocycles. The van der Waals surface area contributed by atoms with Gasteiger partial charge in [-0.3, -0.25) is 0 Å². The van der Waals surface area contributed by atoms with Crippen LogP contribution in [0.15, 0.2) is 11.4 Å². The number of nitrogens with two attached hydrogens (primary N) is 1.